The molecule has 0 bridgehead atoms. The van der Waals surface area contributed by atoms with E-state index in [0.29, 0.717) is 25.7 Å². The number of hydrogen-bond acceptors (Lipinski definition) is 3. The van der Waals surface area contributed by atoms with E-state index in [1.54, 1.807) is 7.11 Å². The summed E-state index contributed by atoms with van der Waals surface area (Å²) in [5.74, 6) is 0.840. The zero-order chi connectivity index (χ0) is 21.2. The highest BCUT2D eigenvalue weighted by Gasteiger charge is 2.12. The summed E-state index contributed by atoms with van der Waals surface area (Å²) < 4.78 is 5.52. The number of carbonyl (C=O) groups excluding carboxylic acids is 2. The van der Waals surface area contributed by atoms with E-state index in [9.17, 15) is 9.59 Å². The number of carbonyl (C=O) groups is 2. The van der Waals surface area contributed by atoms with Crippen LogP contribution in [0, 0.1) is 0 Å². The number of methoxy groups -OCH3 is 1. The van der Waals surface area contributed by atoms with Gasteiger partial charge in [0.1, 0.15) is 5.75 Å². The first kappa shape index (κ1) is 22.5. The van der Waals surface area contributed by atoms with Crippen molar-refractivity contribution >= 4 is 11.8 Å². The summed E-state index contributed by atoms with van der Waals surface area (Å²) in [5, 5.41) is 5.96. The van der Waals surface area contributed by atoms with Gasteiger partial charge >= 0.3 is 0 Å². The normalized spacial score (nSPS) is 11.8. The minimum Gasteiger partial charge on any atom is -0.496 e. The number of hydrogen-bond donors (Lipinski definition) is 2. The molecule has 2 N–H and O–H groups in total. The summed E-state index contributed by atoms with van der Waals surface area (Å²) in [6, 6.07) is 15.9. The van der Waals surface area contributed by atoms with E-state index < -0.39 is 0 Å². The maximum Gasteiger partial charge on any atom is 0.224 e. The predicted molar refractivity (Wildman–Crippen MR) is 116 cm³/mol. The standard InChI is InChI=1S/C24H32N2O3/c1-17(2)25-23(27)13-12-21-11-10-20(15-22(21)29-4)14-18(3)26-24(28)16-19-8-6-5-7-9-19/h5-11,15,17-18H,12-14,16H2,1-4H3,(H,25,27)(H,26,28). The molecule has 2 aromatic rings. The molecule has 1 unspecified atom stereocenters. The number of benzene rings is 2. The van der Waals surface area contributed by atoms with Crippen molar-refractivity contribution in [3.8, 4) is 5.75 Å². The molecule has 0 spiro atoms. The average Bonchev–Trinajstić information content (AvgIpc) is 2.66. The molecule has 5 nitrogen and oxygen atoms in total. The molecule has 0 aliphatic rings. The number of rotatable bonds is 10. The molecule has 0 heterocycles. The van der Waals surface area contributed by atoms with E-state index >= 15 is 0 Å². The van der Waals surface area contributed by atoms with Crippen LogP contribution in [0.3, 0.4) is 0 Å². The molecule has 0 aromatic heterocycles. The quantitative estimate of drug-likeness (QED) is 0.646. The van der Waals surface area contributed by atoms with Crippen molar-refractivity contribution in [1.82, 2.24) is 10.6 Å². The van der Waals surface area contributed by atoms with Crippen LogP contribution in [0.2, 0.25) is 0 Å². The van der Waals surface area contributed by atoms with Gasteiger partial charge in [0.15, 0.2) is 0 Å². The van der Waals surface area contributed by atoms with Crippen LogP contribution in [0.5, 0.6) is 5.75 Å². The van der Waals surface area contributed by atoms with Gasteiger partial charge in [0.2, 0.25) is 11.8 Å². The second kappa shape index (κ2) is 11.2. The second-order valence-corrected chi connectivity index (χ2v) is 7.70. The Hall–Kier alpha value is -2.82. The lowest BCUT2D eigenvalue weighted by atomic mass is 10.0. The smallest absolute Gasteiger partial charge is 0.224 e. The van der Waals surface area contributed by atoms with Crippen molar-refractivity contribution in [3.05, 3.63) is 65.2 Å². The molecular formula is C24H32N2O3. The summed E-state index contributed by atoms with van der Waals surface area (Å²) >= 11 is 0. The lowest BCUT2D eigenvalue weighted by Crippen LogP contribution is -2.35. The van der Waals surface area contributed by atoms with Gasteiger partial charge in [0.05, 0.1) is 13.5 Å². The molecule has 0 fully saturated rings. The maximum absolute atomic E-state index is 12.2. The van der Waals surface area contributed by atoms with Gasteiger partial charge in [-0.2, -0.15) is 0 Å². The second-order valence-electron chi connectivity index (χ2n) is 7.70. The Labute approximate surface area is 173 Å². The Balaban J connectivity index is 1.89. The third-order valence-electron chi connectivity index (χ3n) is 4.58. The number of nitrogens with one attached hydrogen (secondary N) is 2. The van der Waals surface area contributed by atoms with Crippen molar-refractivity contribution in [2.24, 2.45) is 0 Å². The summed E-state index contributed by atoms with van der Waals surface area (Å²) in [7, 11) is 1.64. The monoisotopic (exact) mass is 396 g/mol. The lowest BCUT2D eigenvalue weighted by Gasteiger charge is -2.16. The molecule has 1 atom stereocenters. The molecule has 29 heavy (non-hydrogen) atoms. The molecule has 0 saturated carbocycles. The van der Waals surface area contributed by atoms with Crippen molar-refractivity contribution < 1.29 is 14.3 Å². The lowest BCUT2D eigenvalue weighted by molar-refractivity contribution is -0.122. The SMILES string of the molecule is COc1cc(CC(C)NC(=O)Cc2ccccc2)ccc1CCC(=O)NC(C)C. The molecule has 0 radical (unpaired) electrons. The highest BCUT2D eigenvalue weighted by atomic mass is 16.5. The molecular weight excluding hydrogens is 364 g/mol. The van der Waals surface area contributed by atoms with Gasteiger partial charge in [-0.15, -0.1) is 0 Å². The summed E-state index contributed by atoms with van der Waals surface area (Å²) in [6.45, 7) is 5.90. The van der Waals surface area contributed by atoms with Crippen molar-refractivity contribution in [2.45, 2.75) is 58.5 Å². The topological polar surface area (TPSA) is 67.4 Å². The highest BCUT2D eigenvalue weighted by molar-refractivity contribution is 5.78. The van der Waals surface area contributed by atoms with E-state index in [2.05, 4.69) is 10.6 Å². The van der Waals surface area contributed by atoms with Crippen LogP contribution in [0.4, 0.5) is 0 Å². The third kappa shape index (κ3) is 7.98. The van der Waals surface area contributed by atoms with Crippen LogP contribution < -0.4 is 15.4 Å². The Kier molecular flexibility index (Phi) is 8.71. The average molecular weight is 397 g/mol. The Bertz CT molecular complexity index is 803. The molecule has 0 saturated heterocycles. The first-order valence-corrected chi connectivity index (χ1v) is 10.2. The van der Waals surface area contributed by atoms with Crippen molar-refractivity contribution in [1.29, 1.82) is 0 Å². The summed E-state index contributed by atoms with van der Waals surface area (Å²) in [4.78, 5) is 24.1. The third-order valence-corrected chi connectivity index (χ3v) is 4.58. The van der Waals surface area contributed by atoms with Gasteiger partial charge in [0.25, 0.3) is 0 Å². The zero-order valence-corrected chi connectivity index (χ0v) is 17.8. The molecule has 0 aliphatic carbocycles. The molecule has 2 amide bonds. The molecule has 156 valence electrons. The van der Waals surface area contributed by atoms with Gasteiger partial charge in [0, 0.05) is 18.5 Å². The van der Waals surface area contributed by atoms with Crippen LogP contribution in [0.1, 0.15) is 43.9 Å². The highest BCUT2D eigenvalue weighted by Crippen LogP contribution is 2.22. The van der Waals surface area contributed by atoms with Gasteiger partial charge in [-0.1, -0.05) is 42.5 Å². The number of ether oxygens (including phenoxy) is 1. The Morgan fingerprint density at radius 2 is 1.66 bits per heavy atom. The Morgan fingerprint density at radius 1 is 0.931 bits per heavy atom. The summed E-state index contributed by atoms with van der Waals surface area (Å²) in [6.07, 6.45) is 2.15. The molecule has 2 aromatic carbocycles. The number of amides is 2. The maximum atomic E-state index is 12.2. The number of aryl methyl sites for hydroxylation is 1. The fourth-order valence-electron chi connectivity index (χ4n) is 3.28. The van der Waals surface area contributed by atoms with Crippen LogP contribution >= 0.6 is 0 Å². The fraction of sp³-hybridized carbons (Fsp3) is 0.417. The molecule has 5 heteroatoms. The van der Waals surface area contributed by atoms with Gasteiger partial charge in [-0.25, -0.2) is 0 Å². The van der Waals surface area contributed by atoms with E-state index in [-0.39, 0.29) is 23.9 Å². The summed E-state index contributed by atoms with van der Waals surface area (Å²) in [5.41, 5.74) is 3.10. The van der Waals surface area contributed by atoms with Gasteiger partial charge in [-0.3, -0.25) is 9.59 Å². The van der Waals surface area contributed by atoms with Crippen LogP contribution in [0.25, 0.3) is 0 Å². The predicted octanol–water partition coefficient (Wildman–Crippen LogP) is 3.44. The van der Waals surface area contributed by atoms with Crippen molar-refractivity contribution in [3.63, 3.8) is 0 Å². The van der Waals surface area contributed by atoms with E-state index in [4.69, 9.17) is 4.74 Å². The minimum atomic E-state index is 0.0126. The Morgan fingerprint density at radius 3 is 2.31 bits per heavy atom. The minimum absolute atomic E-state index is 0.0126. The van der Waals surface area contributed by atoms with Crippen LogP contribution in [-0.4, -0.2) is 31.0 Å². The van der Waals surface area contributed by atoms with Crippen molar-refractivity contribution in [2.75, 3.05) is 7.11 Å². The van der Waals surface area contributed by atoms with E-state index in [0.717, 1.165) is 22.4 Å². The first-order valence-electron chi connectivity index (χ1n) is 10.2. The zero-order valence-electron chi connectivity index (χ0n) is 17.8. The van der Waals surface area contributed by atoms with E-state index in [1.807, 2.05) is 69.3 Å². The van der Waals surface area contributed by atoms with Gasteiger partial charge < -0.3 is 15.4 Å². The van der Waals surface area contributed by atoms with E-state index in [1.165, 1.54) is 0 Å². The van der Waals surface area contributed by atoms with Crippen LogP contribution in [-0.2, 0) is 28.9 Å². The van der Waals surface area contributed by atoms with Gasteiger partial charge in [-0.05, 0) is 56.4 Å². The first-order chi connectivity index (χ1) is 13.9. The fourth-order valence-corrected chi connectivity index (χ4v) is 3.28. The molecule has 0 aliphatic heterocycles. The molecule has 2 rings (SSSR count). The van der Waals surface area contributed by atoms with Crippen LogP contribution in [0.15, 0.2) is 48.5 Å². The largest absolute Gasteiger partial charge is 0.496 e.